The molecule has 5 nitrogen and oxygen atoms in total. The smallest absolute Gasteiger partial charge is 0.408 e. The first-order valence-corrected chi connectivity index (χ1v) is 7.94. The number of ether oxygens (including phenoxy) is 2. The Morgan fingerprint density at radius 1 is 1.17 bits per heavy atom. The molecule has 0 heterocycles. The van der Waals surface area contributed by atoms with Crippen molar-refractivity contribution in [3.63, 3.8) is 0 Å². The van der Waals surface area contributed by atoms with E-state index in [1.165, 1.54) is 7.11 Å². The number of nitrogens with one attached hydrogen (secondary N) is 1. The van der Waals surface area contributed by atoms with Gasteiger partial charge in [-0.05, 0) is 40.2 Å². The van der Waals surface area contributed by atoms with Crippen molar-refractivity contribution >= 4 is 12.1 Å². The second kappa shape index (κ2) is 8.52. The van der Waals surface area contributed by atoms with Crippen LogP contribution >= 0.6 is 0 Å². The van der Waals surface area contributed by atoms with E-state index in [1.807, 2.05) is 50.3 Å². The fourth-order valence-electron chi connectivity index (χ4n) is 2.27. The Hall–Kier alpha value is -2.30. The molecule has 0 aliphatic heterocycles. The summed E-state index contributed by atoms with van der Waals surface area (Å²) in [6.07, 6.45) is 3.06. The van der Waals surface area contributed by atoms with E-state index >= 15 is 0 Å². The first-order valence-electron chi connectivity index (χ1n) is 7.94. The number of methoxy groups -OCH3 is 1. The lowest BCUT2D eigenvalue weighted by Crippen LogP contribution is -2.47. The number of allylic oxidation sites excluding steroid dienone is 1. The summed E-state index contributed by atoms with van der Waals surface area (Å²) in [6, 6.07) is 6.93. The van der Waals surface area contributed by atoms with Gasteiger partial charge in [0.05, 0.1) is 7.11 Å². The predicted molar refractivity (Wildman–Crippen MR) is 93.9 cm³/mol. The van der Waals surface area contributed by atoms with Crippen LogP contribution in [0.3, 0.4) is 0 Å². The Morgan fingerprint density at radius 2 is 1.75 bits per heavy atom. The van der Waals surface area contributed by atoms with E-state index in [0.717, 1.165) is 11.1 Å². The van der Waals surface area contributed by atoms with Crippen LogP contribution in [0.15, 0.2) is 36.4 Å². The van der Waals surface area contributed by atoms with Gasteiger partial charge in [-0.15, -0.1) is 0 Å². The minimum absolute atomic E-state index is 0.351. The summed E-state index contributed by atoms with van der Waals surface area (Å²) in [6.45, 7) is 9.16. The normalized spacial score (nSPS) is 14.1. The molecular formula is C19H27NO4. The third-order valence-electron chi connectivity index (χ3n) is 3.35. The molecule has 0 aliphatic rings. The highest BCUT2D eigenvalue weighted by atomic mass is 16.6. The van der Waals surface area contributed by atoms with Crippen LogP contribution in [-0.2, 0) is 14.3 Å². The molecule has 1 amide bonds. The van der Waals surface area contributed by atoms with Gasteiger partial charge in [0.1, 0.15) is 11.6 Å². The molecule has 5 heteroatoms. The average Bonchev–Trinajstić information content (AvgIpc) is 2.49. The first kappa shape index (κ1) is 19.7. The molecule has 0 aromatic heterocycles. The molecule has 0 fully saturated rings. The van der Waals surface area contributed by atoms with Crippen molar-refractivity contribution < 1.29 is 19.1 Å². The van der Waals surface area contributed by atoms with Crippen molar-refractivity contribution in [3.05, 3.63) is 47.5 Å². The maximum atomic E-state index is 12.2. The number of alkyl carbamates (subject to hydrolysis) is 1. The number of hydrogen-bond donors (Lipinski definition) is 1. The van der Waals surface area contributed by atoms with E-state index in [-0.39, 0.29) is 5.92 Å². The van der Waals surface area contributed by atoms with Gasteiger partial charge < -0.3 is 14.8 Å². The highest BCUT2D eigenvalue weighted by Crippen LogP contribution is 2.23. The van der Waals surface area contributed by atoms with Gasteiger partial charge in [-0.2, -0.15) is 0 Å². The minimum atomic E-state index is -0.872. The summed E-state index contributed by atoms with van der Waals surface area (Å²) in [5.74, 6) is -0.875. The Labute approximate surface area is 144 Å². The number of carbonyl (C=O) groups is 2. The van der Waals surface area contributed by atoms with E-state index in [0.29, 0.717) is 0 Å². The SMILES string of the molecule is C/C=C/[C@@H](c1ccc(C)cc1)[C@H](NC(=O)OC(C)(C)C)C(=O)OC. The van der Waals surface area contributed by atoms with Crippen LogP contribution in [0.5, 0.6) is 0 Å². The van der Waals surface area contributed by atoms with E-state index in [1.54, 1.807) is 20.8 Å². The summed E-state index contributed by atoms with van der Waals surface area (Å²) in [5, 5.41) is 2.64. The predicted octanol–water partition coefficient (Wildman–Crippen LogP) is 3.72. The molecule has 24 heavy (non-hydrogen) atoms. The zero-order valence-corrected chi connectivity index (χ0v) is 15.3. The van der Waals surface area contributed by atoms with Crippen LogP contribution in [0.4, 0.5) is 4.79 Å². The highest BCUT2D eigenvalue weighted by molar-refractivity contribution is 5.83. The lowest BCUT2D eigenvalue weighted by Gasteiger charge is -2.26. The quantitative estimate of drug-likeness (QED) is 0.659. The number of hydrogen-bond acceptors (Lipinski definition) is 4. The molecule has 1 aromatic rings. The number of carbonyl (C=O) groups excluding carboxylic acids is 2. The van der Waals surface area contributed by atoms with Crippen molar-refractivity contribution in [2.45, 2.75) is 52.2 Å². The Kier molecular flexibility index (Phi) is 7.01. The monoisotopic (exact) mass is 333 g/mol. The van der Waals surface area contributed by atoms with Crippen LogP contribution in [-0.4, -0.2) is 30.8 Å². The molecule has 132 valence electrons. The fourth-order valence-corrected chi connectivity index (χ4v) is 2.27. The van der Waals surface area contributed by atoms with Crippen LogP contribution < -0.4 is 5.32 Å². The van der Waals surface area contributed by atoms with Gasteiger partial charge in [0.15, 0.2) is 0 Å². The lowest BCUT2D eigenvalue weighted by molar-refractivity contribution is -0.143. The van der Waals surface area contributed by atoms with Crippen LogP contribution in [0.2, 0.25) is 0 Å². The van der Waals surface area contributed by atoms with Gasteiger partial charge in [-0.3, -0.25) is 0 Å². The van der Waals surface area contributed by atoms with Crippen LogP contribution in [0.1, 0.15) is 44.7 Å². The Morgan fingerprint density at radius 3 is 2.21 bits per heavy atom. The summed E-state index contributed by atoms with van der Waals surface area (Å²) >= 11 is 0. The molecule has 0 unspecified atom stereocenters. The van der Waals surface area contributed by atoms with E-state index < -0.39 is 23.7 Å². The van der Waals surface area contributed by atoms with E-state index in [9.17, 15) is 9.59 Å². The second-order valence-electron chi connectivity index (χ2n) is 6.61. The number of rotatable bonds is 5. The topological polar surface area (TPSA) is 64.6 Å². The number of benzene rings is 1. The number of esters is 1. The third kappa shape index (κ3) is 6.07. The van der Waals surface area contributed by atoms with Crippen molar-refractivity contribution in [2.75, 3.05) is 7.11 Å². The largest absolute Gasteiger partial charge is 0.467 e. The molecule has 0 radical (unpaired) electrons. The standard InChI is InChI=1S/C19H27NO4/c1-7-8-15(14-11-9-13(2)10-12-14)16(17(21)23-6)20-18(22)24-19(3,4)5/h7-12,15-16H,1-6H3,(H,20,22)/b8-7+/t15-,16-/m0/s1. The number of aryl methyl sites for hydroxylation is 1. The van der Waals surface area contributed by atoms with Gasteiger partial charge in [-0.25, -0.2) is 9.59 Å². The average molecular weight is 333 g/mol. The first-order chi connectivity index (χ1) is 11.2. The molecular weight excluding hydrogens is 306 g/mol. The van der Waals surface area contributed by atoms with Crippen molar-refractivity contribution in [1.29, 1.82) is 0 Å². The van der Waals surface area contributed by atoms with Crippen molar-refractivity contribution in [3.8, 4) is 0 Å². The van der Waals surface area contributed by atoms with Crippen molar-refractivity contribution in [1.82, 2.24) is 5.32 Å². The maximum absolute atomic E-state index is 12.2. The summed E-state index contributed by atoms with van der Waals surface area (Å²) in [4.78, 5) is 24.4. The number of amides is 1. The van der Waals surface area contributed by atoms with Crippen LogP contribution in [0.25, 0.3) is 0 Å². The molecule has 1 aromatic carbocycles. The zero-order valence-electron chi connectivity index (χ0n) is 15.3. The van der Waals surface area contributed by atoms with Gasteiger partial charge in [-0.1, -0.05) is 42.0 Å². The maximum Gasteiger partial charge on any atom is 0.408 e. The molecule has 0 saturated heterocycles. The molecule has 2 atom stereocenters. The molecule has 0 saturated carbocycles. The van der Waals surface area contributed by atoms with Gasteiger partial charge >= 0.3 is 12.1 Å². The molecule has 1 rings (SSSR count). The molecule has 0 bridgehead atoms. The summed E-state index contributed by atoms with van der Waals surface area (Å²) < 4.78 is 10.1. The molecule has 0 spiro atoms. The molecule has 1 N–H and O–H groups in total. The minimum Gasteiger partial charge on any atom is -0.467 e. The Bertz CT molecular complexity index is 584. The van der Waals surface area contributed by atoms with Crippen molar-refractivity contribution in [2.24, 2.45) is 0 Å². The third-order valence-corrected chi connectivity index (χ3v) is 3.35. The van der Waals surface area contributed by atoms with E-state index in [4.69, 9.17) is 9.47 Å². The Balaban J connectivity index is 3.12. The highest BCUT2D eigenvalue weighted by Gasteiger charge is 2.32. The summed E-state index contributed by atoms with van der Waals surface area (Å²) in [5.41, 5.74) is 1.38. The van der Waals surface area contributed by atoms with Gasteiger partial charge in [0, 0.05) is 5.92 Å². The van der Waals surface area contributed by atoms with E-state index in [2.05, 4.69) is 5.32 Å². The van der Waals surface area contributed by atoms with Gasteiger partial charge in [0.2, 0.25) is 0 Å². The molecule has 0 aliphatic carbocycles. The van der Waals surface area contributed by atoms with Crippen LogP contribution in [0, 0.1) is 6.92 Å². The zero-order chi connectivity index (χ0) is 18.3. The van der Waals surface area contributed by atoms with Gasteiger partial charge in [0.25, 0.3) is 0 Å². The summed E-state index contributed by atoms with van der Waals surface area (Å²) in [7, 11) is 1.30. The fraction of sp³-hybridized carbons (Fsp3) is 0.474. The second-order valence-corrected chi connectivity index (χ2v) is 6.61. The lowest BCUT2D eigenvalue weighted by atomic mass is 9.90.